The summed E-state index contributed by atoms with van der Waals surface area (Å²) in [5.74, 6) is 0.531. The molecule has 0 atom stereocenters. The summed E-state index contributed by atoms with van der Waals surface area (Å²) >= 11 is 0. The number of nitrogens with one attached hydrogen (secondary N) is 1. The normalized spacial score (nSPS) is 11.0. The number of halogens is 1. The Balaban J connectivity index is 2.42. The average Bonchev–Trinajstić information content (AvgIpc) is 2.66. The molecule has 0 unspecified atom stereocenters. The van der Waals surface area contributed by atoms with Gasteiger partial charge in [-0.1, -0.05) is 13.8 Å². The molecule has 0 spiro atoms. The average molecular weight is 219 g/mol. The second-order valence-electron chi connectivity index (χ2n) is 4.08. The first-order chi connectivity index (χ1) is 7.58. The SMILES string of the molecule is CC(C)c1cnc(-c2ccc(N)cc2F)[nH]1. The van der Waals surface area contributed by atoms with Crippen LogP contribution in [0.25, 0.3) is 11.4 Å². The fourth-order valence-corrected chi connectivity index (χ4v) is 1.49. The Bertz CT molecular complexity index is 503. The number of nitrogens with two attached hydrogens (primary N) is 1. The van der Waals surface area contributed by atoms with Gasteiger partial charge in [-0.2, -0.15) is 0 Å². The highest BCUT2D eigenvalue weighted by Gasteiger charge is 2.10. The van der Waals surface area contributed by atoms with Crippen LogP contribution in [0.2, 0.25) is 0 Å². The molecule has 1 aromatic carbocycles. The largest absolute Gasteiger partial charge is 0.399 e. The number of rotatable bonds is 2. The summed E-state index contributed by atoms with van der Waals surface area (Å²) in [6.45, 7) is 4.10. The minimum Gasteiger partial charge on any atom is -0.399 e. The maximum Gasteiger partial charge on any atom is 0.140 e. The van der Waals surface area contributed by atoms with Crippen molar-refractivity contribution in [3.8, 4) is 11.4 Å². The molecule has 0 bridgehead atoms. The Labute approximate surface area is 93.5 Å². The van der Waals surface area contributed by atoms with Crippen LogP contribution in [-0.2, 0) is 0 Å². The zero-order chi connectivity index (χ0) is 11.7. The minimum absolute atomic E-state index is 0.345. The van der Waals surface area contributed by atoms with E-state index in [4.69, 9.17) is 5.73 Å². The van der Waals surface area contributed by atoms with Crippen molar-refractivity contribution >= 4 is 5.69 Å². The van der Waals surface area contributed by atoms with E-state index in [0.29, 0.717) is 23.0 Å². The highest BCUT2D eigenvalue weighted by molar-refractivity contribution is 5.60. The first-order valence-corrected chi connectivity index (χ1v) is 5.18. The summed E-state index contributed by atoms with van der Waals surface area (Å²) in [5.41, 5.74) is 7.34. The van der Waals surface area contributed by atoms with Crippen LogP contribution in [0.15, 0.2) is 24.4 Å². The molecule has 4 heteroatoms. The van der Waals surface area contributed by atoms with Crippen LogP contribution in [-0.4, -0.2) is 9.97 Å². The number of anilines is 1. The number of nitrogens with zero attached hydrogens (tertiary/aromatic N) is 1. The van der Waals surface area contributed by atoms with Gasteiger partial charge < -0.3 is 10.7 Å². The van der Waals surface area contributed by atoms with Gasteiger partial charge >= 0.3 is 0 Å². The quantitative estimate of drug-likeness (QED) is 0.763. The molecule has 0 aliphatic carbocycles. The second kappa shape index (κ2) is 3.96. The third-order valence-electron chi connectivity index (χ3n) is 2.47. The van der Waals surface area contributed by atoms with Gasteiger partial charge in [0.05, 0.1) is 5.56 Å². The van der Waals surface area contributed by atoms with E-state index in [9.17, 15) is 4.39 Å². The number of aromatic nitrogens is 2. The molecule has 2 aromatic rings. The first kappa shape index (κ1) is 10.7. The molecule has 0 aliphatic heterocycles. The molecule has 16 heavy (non-hydrogen) atoms. The lowest BCUT2D eigenvalue weighted by Crippen LogP contribution is -1.91. The fourth-order valence-electron chi connectivity index (χ4n) is 1.49. The Hall–Kier alpha value is -1.84. The number of H-pyrrole nitrogens is 1. The molecule has 3 nitrogen and oxygen atoms in total. The molecule has 3 N–H and O–H groups in total. The zero-order valence-corrected chi connectivity index (χ0v) is 9.29. The van der Waals surface area contributed by atoms with Gasteiger partial charge in [-0.3, -0.25) is 0 Å². The van der Waals surface area contributed by atoms with E-state index in [-0.39, 0.29) is 5.82 Å². The number of hydrogen-bond donors (Lipinski definition) is 2. The first-order valence-electron chi connectivity index (χ1n) is 5.18. The van der Waals surface area contributed by atoms with E-state index in [0.717, 1.165) is 5.69 Å². The third-order valence-corrected chi connectivity index (χ3v) is 2.47. The summed E-state index contributed by atoms with van der Waals surface area (Å²) in [4.78, 5) is 7.26. The molecular formula is C12H14FN3. The fraction of sp³-hybridized carbons (Fsp3) is 0.250. The molecule has 1 heterocycles. The van der Waals surface area contributed by atoms with Gasteiger partial charge in [-0.25, -0.2) is 9.37 Å². The summed E-state index contributed by atoms with van der Waals surface area (Å²) in [5, 5.41) is 0. The smallest absolute Gasteiger partial charge is 0.140 e. The van der Waals surface area contributed by atoms with E-state index in [1.165, 1.54) is 6.07 Å². The predicted molar refractivity (Wildman–Crippen MR) is 62.5 cm³/mol. The molecule has 1 aromatic heterocycles. The lowest BCUT2D eigenvalue weighted by atomic mass is 10.1. The molecule has 2 rings (SSSR count). The van der Waals surface area contributed by atoms with Crippen LogP contribution >= 0.6 is 0 Å². The molecule has 0 saturated carbocycles. The monoisotopic (exact) mass is 219 g/mol. The molecule has 0 fully saturated rings. The van der Waals surface area contributed by atoms with E-state index < -0.39 is 0 Å². The van der Waals surface area contributed by atoms with Crippen LogP contribution < -0.4 is 5.73 Å². The van der Waals surface area contributed by atoms with Crippen molar-refractivity contribution in [3.05, 3.63) is 35.9 Å². The molecular weight excluding hydrogens is 205 g/mol. The third kappa shape index (κ3) is 1.91. The van der Waals surface area contributed by atoms with E-state index >= 15 is 0 Å². The number of nitrogen functional groups attached to an aromatic ring is 1. The standard InChI is InChI=1S/C12H14FN3/c1-7(2)11-6-15-12(16-11)9-4-3-8(14)5-10(9)13/h3-7H,14H2,1-2H3,(H,15,16). The molecule has 84 valence electrons. The van der Waals surface area contributed by atoms with Crippen LogP contribution in [0.5, 0.6) is 0 Å². The number of benzene rings is 1. The van der Waals surface area contributed by atoms with E-state index in [2.05, 4.69) is 23.8 Å². The van der Waals surface area contributed by atoms with Crippen molar-refractivity contribution in [3.63, 3.8) is 0 Å². The predicted octanol–water partition coefficient (Wildman–Crippen LogP) is 2.92. The Morgan fingerprint density at radius 1 is 1.38 bits per heavy atom. The van der Waals surface area contributed by atoms with Gasteiger partial charge in [-0.05, 0) is 24.1 Å². The maximum atomic E-state index is 13.6. The Morgan fingerprint density at radius 2 is 2.12 bits per heavy atom. The molecule has 0 radical (unpaired) electrons. The van der Waals surface area contributed by atoms with Gasteiger partial charge in [-0.15, -0.1) is 0 Å². The van der Waals surface area contributed by atoms with Gasteiger partial charge in [0, 0.05) is 17.6 Å². The Morgan fingerprint density at radius 3 is 2.69 bits per heavy atom. The summed E-state index contributed by atoms with van der Waals surface area (Å²) in [6, 6.07) is 4.59. The topological polar surface area (TPSA) is 54.7 Å². The van der Waals surface area contributed by atoms with Gasteiger partial charge in [0.15, 0.2) is 0 Å². The van der Waals surface area contributed by atoms with Gasteiger partial charge in [0.2, 0.25) is 0 Å². The van der Waals surface area contributed by atoms with Crippen molar-refractivity contribution in [1.82, 2.24) is 9.97 Å². The molecule has 0 amide bonds. The van der Waals surface area contributed by atoms with Crippen LogP contribution in [0.4, 0.5) is 10.1 Å². The Kier molecular flexibility index (Phi) is 2.64. The second-order valence-corrected chi connectivity index (χ2v) is 4.08. The summed E-state index contributed by atoms with van der Waals surface area (Å²) in [7, 11) is 0. The van der Waals surface area contributed by atoms with Crippen LogP contribution in [0.3, 0.4) is 0 Å². The van der Waals surface area contributed by atoms with Crippen LogP contribution in [0, 0.1) is 5.82 Å². The van der Waals surface area contributed by atoms with Crippen LogP contribution in [0.1, 0.15) is 25.5 Å². The van der Waals surface area contributed by atoms with Crippen molar-refractivity contribution in [1.29, 1.82) is 0 Å². The summed E-state index contributed by atoms with van der Waals surface area (Å²) in [6.07, 6.45) is 1.73. The maximum absolute atomic E-state index is 13.6. The molecule has 0 saturated heterocycles. The lowest BCUT2D eigenvalue weighted by molar-refractivity contribution is 0.631. The van der Waals surface area contributed by atoms with Crippen molar-refractivity contribution in [2.24, 2.45) is 0 Å². The number of hydrogen-bond acceptors (Lipinski definition) is 2. The molecule has 0 aliphatic rings. The van der Waals surface area contributed by atoms with Crippen molar-refractivity contribution in [2.45, 2.75) is 19.8 Å². The van der Waals surface area contributed by atoms with E-state index in [1.54, 1.807) is 18.3 Å². The van der Waals surface area contributed by atoms with Gasteiger partial charge in [0.25, 0.3) is 0 Å². The van der Waals surface area contributed by atoms with Crippen molar-refractivity contribution < 1.29 is 4.39 Å². The highest BCUT2D eigenvalue weighted by atomic mass is 19.1. The zero-order valence-electron chi connectivity index (χ0n) is 9.29. The minimum atomic E-state index is -0.357. The van der Waals surface area contributed by atoms with E-state index in [1.807, 2.05) is 0 Å². The number of aromatic amines is 1. The lowest BCUT2D eigenvalue weighted by Gasteiger charge is -2.02. The number of imidazole rings is 1. The highest BCUT2D eigenvalue weighted by Crippen LogP contribution is 2.23. The van der Waals surface area contributed by atoms with Gasteiger partial charge in [0.1, 0.15) is 11.6 Å². The summed E-state index contributed by atoms with van der Waals surface area (Å²) < 4.78 is 13.6. The van der Waals surface area contributed by atoms with Crippen molar-refractivity contribution in [2.75, 3.05) is 5.73 Å².